The van der Waals surface area contributed by atoms with Crippen LogP contribution < -0.4 is 15.0 Å². The number of fused-ring (bicyclic) bond motifs is 1. The lowest BCUT2D eigenvalue weighted by Gasteiger charge is -2.20. The first-order chi connectivity index (χ1) is 12.8. The minimum atomic E-state index is -4.59. The number of halogens is 3. The molecule has 0 bridgehead atoms. The SMILES string of the molecule is COc1ccc2c(c1)CC(Nc1cc(N(C)C)nc(C(F)(F)F)n1)CCC2. The number of alkyl halides is 3. The molecule has 0 saturated carbocycles. The monoisotopic (exact) mass is 380 g/mol. The molecule has 0 aliphatic heterocycles. The largest absolute Gasteiger partial charge is 0.497 e. The number of hydrogen-bond acceptors (Lipinski definition) is 5. The molecule has 5 nitrogen and oxygen atoms in total. The second-order valence-corrected chi connectivity index (χ2v) is 6.90. The highest BCUT2D eigenvalue weighted by molar-refractivity contribution is 5.50. The lowest BCUT2D eigenvalue weighted by Crippen LogP contribution is -2.24. The van der Waals surface area contributed by atoms with Crippen LogP contribution in [0, 0.1) is 0 Å². The Kier molecular flexibility index (Phi) is 5.43. The summed E-state index contributed by atoms with van der Waals surface area (Å²) in [7, 11) is 4.93. The van der Waals surface area contributed by atoms with Gasteiger partial charge in [0.25, 0.3) is 0 Å². The Morgan fingerprint density at radius 1 is 1.15 bits per heavy atom. The Balaban J connectivity index is 1.86. The summed E-state index contributed by atoms with van der Waals surface area (Å²) in [6.07, 6.45) is -1.15. The van der Waals surface area contributed by atoms with Gasteiger partial charge in [-0.1, -0.05) is 6.07 Å². The lowest BCUT2D eigenvalue weighted by molar-refractivity contribution is -0.144. The van der Waals surface area contributed by atoms with Crippen molar-refractivity contribution in [3.8, 4) is 5.75 Å². The number of benzene rings is 1. The van der Waals surface area contributed by atoms with Gasteiger partial charge < -0.3 is 15.0 Å². The van der Waals surface area contributed by atoms with Gasteiger partial charge in [0.15, 0.2) is 0 Å². The zero-order valence-electron chi connectivity index (χ0n) is 15.6. The van der Waals surface area contributed by atoms with Crippen molar-refractivity contribution in [2.75, 3.05) is 31.4 Å². The molecule has 0 amide bonds. The van der Waals surface area contributed by atoms with Crippen molar-refractivity contribution in [2.45, 2.75) is 37.9 Å². The minimum Gasteiger partial charge on any atom is -0.497 e. The molecule has 1 atom stereocenters. The number of aromatic nitrogens is 2. The molecule has 1 heterocycles. The highest BCUT2D eigenvalue weighted by Crippen LogP contribution is 2.30. The van der Waals surface area contributed by atoms with Gasteiger partial charge in [0.05, 0.1) is 7.11 Å². The normalized spacial score (nSPS) is 17.0. The summed E-state index contributed by atoms with van der Waals surface area (Å²) in [5.41, 5.74) is 2.41. The fourth-order valence-corrected chi connectivity index (χ4v) is 3.27. The van der Waals surface area contributed by atoms with Crippen LogP contribution in [0.5, 0.6) is 5.75 Å². The first kappa shape index (κ1) is 19.3. The summed E-state index contributed by atoms with van der Waals surface area (Å²) in [6.45, 7) is 0. The quantitative estimate of drug-likeness (QED) is 0.815. The fourth-order valence-electron chi connectivity index (χ4n) is 3.27. The molecule has 0 saturated heterocycles. The van der Waals surface area contributed by atoms with E-state index >= 15 is 0 Å². The standard InChI is InChI=1S/C19H23F3N4O/c1-26(2)17-11-16(24-18(25-17)19(20,21)22)23-14-6-4-5-12-7-8-15(27-3)10-13(12)9-14/h7-8,10-11,14H,4-6,9H2,1-3H3,(H,23,24,25). The third-order valence-electron chi connectivity index (χ3n) is 4.65. The molecule has 0 radical (unpaired) electrons. The summed E-state index contributed by atoms with van der Waals surface area (Å²) < 4.78 is 44.7. The van der Waals surface area contributed by atoms with E-state index in [4.69, 9.17) is 4.74 Å². The Hall–Kier alpha value is -2.51. The number of nitrogens with zero attached hydrogens (tertiary/aromatic N) is 3. The third kappa shape index (κ3) is 4.61. The van der Waals surface area contributed by atoms with E-state index in [0.717, 1.165) is 30.6 Å². The topological polar surface area (TPSA) is 50.3 Å². The predicted octanol–water partition coefficient (Wildman–Crippen LogP) is 3.93. The molecular formula is C19H23F3N4O. The maximum atomic E-state index is 13.2. The lowest BCUT2D eigenvalue weighted by atomic mass is 10.0. The van der Waals surface area contributed by atoms with Crippen LogP contribution >= 0.6 is 0 Å². The molecule has 1 aromatic heterocycles. The first-order valence-electron chi connectivity index (χ1n) is 8.82. The number of anilines is 2. The number of ether oxygens (including phenoxy) is 1. The zero-order valence-corrected chi connectivity index (χ0v) is 15.6. The first-order valence-corrected chi connectivity index (χ1v) is 8.82. The molecule has 0 fully saturated rings. The Bertz CT molecular complexity index is 808. The van der Waals surface area contributed by atoms with Crippen molar-refractivity contribution in [2.24, 2.45) is 0 Å². The van der Waals surface area contributed by atoms with Crippen molar-refractivity contribution < 1.29 is 17.9 Å². The summed E-state index contributed by atoms with van der Waals surface area (Å²) in [5.74, 6) is 0.0606. The molecule has 1 aromatic carbocycles. The van der Waals surface area contributed by atoms with E-state index in [2.05, 4.69) is 21.4 Å². The van der Waals surface area contributed by atoms with E-state index in [1.807, 2.05) is 12.1 Å². The van der Waals surface area contributed by atoms with Gasteiger partial charge in [0, 0.05) is 26.2 Å². The second-order valence-electron chi connectivity index (χ2n) is 6.90. The van der Waals surface area contributed by atoms with Crippen LogP contribution in [0.1, 0.15) is 29.8 Å². The average molecular weight is 380 g/mol. The molecule has 1 aliphatic carbocycles. The highest BCUT2D eigenvalue weighted by atomic mass is 19.4. The van der Waals surface area contributed by atoms with Gasteiger partial charge in [-0.2, -0.15) is 13.2 Å². The Morgan fingerprint density at radius 2 is 1.93 bits per heavy atom. The summed E-state index contributed by atoms with van der Waals surface area (Å²) in [4.78, 5) is 8.85. The van der Waals surface area contributed by atoms with Crippen LogP contribution in [0.2, 0.25) is 0 Å². The Morgan fingerprint density at radius 3 is 2.59 bits per heavy atom. The smallest absolute Gasteiger partial charge is 0.451 e. The van der Waals surface area contributed by atoms with E-state index in [0.29, 0.717) is 6.42 Å². The van der Waals surface area contributed by atoms with Crippen LogP contribution in [0.25, 0.3) is 0 Å². The van der Waals surface area contributed by atoms with Gasteiger partial charge in [0.1, 0.15) is 17.4 Å². The van der Waals surface area contributed by atoms with Crippen molar-refractivity contribution in [3.63, 3.8) is 0 Å². The van der Waals surface area contributed by atoms with E-state index in [1.165, 1.54) is 10.5 Å². The molecule has 1 unspecified atom stereocenters. The second kappa shape index (κ2) is 7.62. The van der Waals surface area contributed by atoms with Crippen LogP contribution in [0.3, 0.4) is 0 Å². The molecule has 8 heteroatoms. The average Bonchev–Trinajstić information content (AvgIpc) is 2.81. The van der Waals surface area contributed by atoms with Gasteiger partial charge in [-0.05, 0) is 48.9 Å². The highest BCUT2D eigenvalue weighted by Gasteiger charge is 2.36. The van der Waals surface area contributed by atoms with Gasteiger partial charge in [-0.25, -0.2) is 9.97 Å². The number of hydrogen-bond donors (Lipinski definition) is 1. The van der Waals surface area contributed by atoms with Gasteiger partial charge in [-0.3, -0.25) is 0 Å². The maximum absolute atomic E-state index is 13.2. The minimum absolute atomic E-state index is 0.00986. The molecule has 0 spiro atoms. The summed E-state index contributed by atoms with van der Waals surface area (Å²) in [5, 5.41) is 3.19. The molecule has 3 rings (SSSR count). The number of methoxy groups -OCH3 is 1. The van der Waals surface area contributed by atoms with Gasteiger partial charge in [-0.15, -0.1) is 0 Å². The summed E-state index contributed by atoms with van der Waals surface area (Å²) in [6, 6.07) is 7.54. The van der Waals surface area contributed by atoms with Crippen molar-refractivity contribution in [1.82, 2.24) is 9.97 Å². The predicted molar refractivity (Wildman–Crippen MR) is 98.4 cm³/mol. The van der Waals surface area contributed by atoms with Crippen molar-refractivity contribution in [3.05, 3.63) is 41.2 Å². The van der Waals surface area contributed by atoms with E-state index in [-0.39, 0.29) is 17.7 Å². The van der Waals surface area contributed by atoms with Crippen LogP contribution in [-0.2, 0) is 19.0 Å². The van der Waals surface area contributed by atoms with E-state index in [9.17, 15) is 13.2 Å². The van der Waals surface area contributed by atoms with Gasteiger partial charge >= 0.3 is 6.18 Å². The van der Waals surface area contributed by atoms with E-state index < -0.39 is 12.0 Å². The molecule has 146 valence electrons. The Labute approximate surface area is 156 Å². The summed E-state index contributed by atoms with van der Waals surface area (Å²) >= 11 is 0. The molecule has 1 aliphatic rings. The van der Waals surface area contributed by atoms with E-state index in [1.54, 1.807) is 27.3 Å². The zero-order chi connectivity index (χ0) is 19.6. The maximum Gasteiger partial charge on any atom is 0.451 e. The van der Waals surface area contributed by atoms with Gasteiger partial charge in [0.2, 0.25) is 5.82 Å². The van der Waals surface area contributed by atoms with Crippen molar-refractivity contribution >= 4 is 11.6 Å². The van der Waals surface area contributed by atoms with Crippen LogP contribution in [-0.4, -0.2) is 37.2 Å². The molecule has 2 aromatic rings. The molecular weight excluding hydrogens is 357 g/mol. The fraction of sp³-hybridized carbons (Fsp3) is 0.474. The molecule has 1 N–H and O–H groups in total. The van der Waals surface area contributed by atoms with Crippen LogP contribution in [0.15, 0.2) is 24.3 Å². The molecule has 27 heavy (non-hydrogen) atoms. The third-order valence-corrected chi connectivity index (χ3v) is 4.65. The number of rotatable bonds is 4. The number of aryl methyl sites for hydroxylation is 1. The van der Waals surface area contributed by atoms with Crippen LogP contribution in [0.4, 0.5) is 24.8 Å². The van der Waals surface area contributed by atoms with Crippen molar-refractivity contribution in [1.29, 1.82) is 0 Å². The number of nitrogens with one attached hydrogen (secondary N) is 1.